The van der Waals surface area contributed by atoms with Crippen LogP contribution in [-0.2, 0) is 11.2 Å². The maximum Gasteiger partial charge on any atom is 0.387 e. The van der Waals surface area contributed by atoms with Crippen LogP contribution in [0, 0.1) is 0 Å². The third kappa shape index (κ3) is 7.57. The van der Waals surface area contributed by atoms with Gasteiger partial charge < -0.3 is 20.1 Å². The van der Waals surface area contributed by atoms with Crippen molar-refractivity contribution in [2.24, 2.45) is 0 Å². The van der Waals surface area contributed by atoms with Gasteiger partial charge in [-0.1, -0.05) is 17.7 Å². The first-order chi connectivity index (χ1) is 13.9. The van der Waals surface area contributed by atoms with E-state index in [1.54, 1.807) is 36.4 Å². The van der Waals surface area contributed by atoms with E-state index in [1.165, 1.54) is 13.2 Å². The van der Waals surface area contributed by atoms with Crippen LogP contribution < -0.4 is 20.1 Å². The zero-order valence-corrected chi connectivity index (χ0v) is 16.5. The van der Waals surface area contributed by atoms with Crippen molar-refractivity contribution in [3.8, 4) is 11.5 Å². The molecule has 0 aliphatic carbocycles. The van der Waals surface area contributed by atoms with Gasteiger partial charge in [0.2, 0.25) is 5.91 Å². The molecule has 0 aromatic heterocycles. The molecular weight excluding hydrogens is 406 g/mol. The lowest BCUT2D eigenvalue weighted by atomic mass is 10.1. The smallest absolute Gasteiger partial charge is 0.387 e. The lowest BCUT2D eigenvalue weighted by molar-refractivity contribution is -0.120. The Balaban J connectivity index is 1.71. The molecule has 29 heavy (non-hydrogen) atoms. The number of nitrogens with one attached hydrogen (secondary N) is 2. The standard InChI is InChI=1S/C20H21ClF2N2O4/c1-28-17-12-13(2-7-16(17)29-20(22)23)8-10-24-18(26)9-11-25-19(27)14-3-5-15(21)6-4-14/h2-7,12,20H,8-11H2,1H3,(H,24,26)(H,25,27). The molecule has 0 saturated heterocycles. The number of amides is 2. The lowest BCUT2D eigenvalue weighted by Crippen LogP contribution is -2.31. The molecular formula is C20H21ClF2N2O4. The summed E-state index contributed by atoms with van der Waals surface area (Å²) in [4.78, 5) is 23.8. The van der Waals surface area contributed by atoms with Gasteiger partial charge >= 0.3 is 6.61 Å². The molecule has 0 radical (unpaired) electrons. The predicted octanol–water partition coefficient (Wildman–Crippen LogP) is 3.43. The summed E-state index contributed by atoms with van der Waals surface area (Å²) in [5.74, 6) is -0.357. The number of carbonyl (C=O) groups is 2. The summed E-state index contributed by atoms with van der Waals surface area (Å²) in [7, 11) is 1.36. The van der Waals surface area contributed by atoms with Crippen molar-refractivity contribution in [1.29, 1.82) is 0 Å². The van der Waals surface area contributed by atoms with Gasteiger partial charge in [0, 0.05) is 30.1 Å². The number of methoxy groups -OCH3 is 1. The molecule has 2 amide bonds. The third-order valence-corrected chi connectivity index (χ3v) is 4.18. The van der Waals surface area contributed by atoms with Gasteiger partial charge in [0.25, 0.3) is 5.91 Å². The fourth-order valence-corrected chi connectivity index (χ4v) is 2.61. The zero-order chi connectivity index (χ0) is 21.2. The summed E-state index contributed by atoms with van der Waals surface area (Å²) in [5, 5.41) is 5.93. The molecule has 0 unspecified atom stereocenters. The average molecular weight is 427 g/mol. The van der Waals surface area contributed by atoms with Gasteiger partial charge in [-0.15, -0.1) is 0 Å². The van der Waals surface area contributed by atoms with E-state index in [0.717, 1.165) is 5.56 Å². The molecule has 0 heterocycles. The number of rotatable bonds is 10. The Bertz CT molecular complexity index is 832. The van der Waals surface area contributed by atoms with E-state index in [4.69, 9.17) is 16.3 Å². The SMILES string of the molecule is COc1cc(CCNC(=O)CCNC(=O)c2ccc(Cl)cc2)ccc1OC(F)F. The molecule has 0 fully saturated rings. The van der Waals surface area contributed by atoms with E-state index in [1.807, 2.05) is 0 Å². The molecule has 6 nitrogen and oxygen atoms in total. The molecule has 0 atom stereocenters. The number of alkyl halides is 2. The number of ether oxygens (including phenoxy) is 2. The van der Waals surface area contributed by atoms with Crippen LogP contribution in [0.25, 0.3) is 0 Å². The lowest BCUT2D eigenvalue weighted by Gasteiger charge is -2.12. The first-order valence-corrected chi connectivity index (χ1v) is 9.19. The monoisotopic (exact) mass is 426 g/mol. The summed E-state index contributed by atoms with van der Waals surface area (Å²) in [6.45, 7) is -2.39. The Hall–Kier alpha value is -2.87. The van der Waals surface area contributed by atoms with Crippen molar-refractivity contribution in [3.05, 3.63) is 58.6 Å². The van der Waals surface area contributed by atoms with Gasteiger partial charge in [-0.3, -0.25) is 9.59 Å². The molecule has 2 rings (SSSR count). The summed E-state index contributed by atoms with van der Waals surface area (Å²) in [5.41, 5.74) is 1.25. The van der Waals surface area contributed by atoms with E-state index in [0.29, 0.717) is 23.6 Å². The van der Waals surface area contributed by atoms with E-state index in [-0.39, 0.29) is 36.3 Å². The maximum atomic E-state index is 12.3. The van der Waals surface area contributed by atoms with Gasteiger partial charge in [-0.05, 0) is 48.4 Å². The number of hydrogen-bond acceptors (Lipinski definition) is 4. The largest absolute Gasteiger partial charge is 0.493 e. The van der Waals surface area contributed by atoms with Crippen LogP contribution in [0.2, 0.25) is 5.02 Å². The summed E-state index contributed by atoms with van der Waals surface area (Å²) in [6.07, 6.45) is 0.609. The first kappa shape index (κ1) is 22.4. The Morgan fingerprint density at radius 3 is 2.41 bits per heavy atom. The molecule has 2 aromatic carbocycles. The molecule has 0 saturated carbocycles. The minimum absolute atomic E-state index is 0.0493. The van der Waals surface area contributed by atoms with Crippen LogP contribution in [0.15, 0.2) is 42.5 Å². The topological polar surface area (TPSA) is 76.7 Å². The van der Waals surface area contributed by atoms with Crippen LogP contribution in [0.5, 0.6) is 11.5 Å². The van der Waals surface area contributed by atoms with Crippen LogP contribution in [-0.4, -0.2) is 38.6 Å². The van der Waals surface area contributed by atoms with Gasteiger partial charge in [0.05, 0.1) is 7.11 Å². The number of carbonyl (C=O) groups excluding carboxylic acids is 2. The van der Waals surface area contributed by atoms with E-state index in [9.17, 15) is 18.4 Å². The first-order valence-electron chi connectivity index (χ1n) is 8.81. The van der Waals surface area contributed by atoms with E-state index >= 15 is 0 Å². The van der Waals surface area contributed by atoms with Crippen molar-refractivity contribution >= 4 is 23.4 Å². The van der Waals surface area contributed by atoms with Gasteiger partial charge in [0.1, 0.15) is 0 Å². The molecule has 2 N–H and O–H groups in total. The summed E-state index contributed by atoms with van der Waals surface area (Å²) >= 11 is 5.77. The Morgan fingerprint density at radius 1 is 1.03 bits per heavy atom. The van der Waals surface area contributed by atoms with Crippen molar-refractivity contribution in [3.63, 3.8) is 0 Å². The molecule has 0 bridgehead atoms. The second-order valence-corrected chi connectivity index (χ2v) is 6.41. The van der Waals surface area contributed by atoms with E-state index in [2.05, 4.69) is 15.4 Å². The van der Waals surface area contributed by atoms with Gasteiger partial charge in [-0.2, -0.15) is 8.78 Å². The van der Waals surface area contributed by atoms with Gasteiger partial charge in [0.15, 0.2) is 11.5 Å². The third-order valence-electron chi connectivity index (χ3n) is 3.92. The van der Waals surface area contributed by atoms with E-state index < -0.39 is 6.61 Å². The highest BCUT2D eigenvalue weighted by Gasteiger charge is 2.11. The molecule has 156 valence electrons. The van der Waals surface area contributed by atoms with Crippen molar-refractivity contribution in [2.45, 2.75) is 19.5 Å². The highest BCUT2D eigenvalue weighted by atomic mass is 35.5. The normalized spacial score (nSPS) is 10.5. The van der Waals surface area contributed by atoms with Crippen LogP contribution >= 0.6 is 11.6 Å². The number of benzene rings is 2. The minimum Gasteiger partial charge on any atom is -0.493 e. The fourth-order valence-electron chi connectivity index (χ4n) is 2.49. The fraction of sp³-hybridized carbons (Fsp3) is 0.300. The van der Waals surface area contributed by atoms with Crippen LogP contribution in [0.1, 0.15) is 22.3 Å². The van der Waals surface area contributed by atoms with Crippen molar-refractivity contribution in [1.82, 2.24) is 10.6 Å². The zero-order valence-electron chi connectivity index (χ0n) is 15.7. The summed E-state index contributed by atoms with van der Waals surface area (Å²) < 4.78 is 34.1. The summed E-state index contributed by atoms with van der Waals surface area (Å²) in [6, 6.07) is 11.0. The Kier molecular flexibility index (Phi) is 8.67. The van der Waals surface area contributed by atoms with Crippen LogP contribution in [0.3, 0.4) is 0 Å². The number of hydrogen-bond donors (Lipinski definition) is 2. The van der Waals surface area contributed by atoms with Crippen molar-refractivity contribution < 1.29 is 27.8 Å². The Labute approximate surface area is 172 Å². The molecule has 2 aromatic rings. The maximum absolute atomic E-state index is 12.3. The quantitative estimate of drug-likeness (QED) is 0.610. The van der Waals surface area contributed by atoms with Crippen molar-refractivity contribution in [2.75, 3.05) is 20.2 Å². The molecule has 0 spiro atoms. The van der Waals surface area contributed by atoms with Gasteiger partial charge in [-0.25, -0.2) is 0 Å². The minimum atomic E-state index is -2.94. The second kappa shape index (κ2) is 11.2. The van der Waals surface area contributed by atoms with Crippen LogP contribution in [0.4, 0.5) is 8.78 Å². The second-order valence-electron chi connectivity index (χ2n) is 5.98. The highest BCUT2D eigenvalue weighted by Crippen LogP contribution is 2.29. The molecule has 0 aliphatic rings. The molecule has 0 aliphatic heterocycles. The molecule has 9 heteroatoms. The highest BCUT2D eigenvalue weighted by molar-refractivity contribution is 6.30. The average Bonchev–Trinajstić information content (AvgIpc) is 2.69. The Morgan fingerprint density at radius 2 is 1.76 bits per heavy atom. The predicted molar refractivity (Wildman–Crippen MR) is 105 cm³/mol. The number of halogens is 3.